The van der Waals surface area contributed by atoms with E-state index in [4.69, 9.17) is 5.73 Å². The van der Waals surface area contributed by atoms with E-state index in [9.17, 15) is 9.18 Å². The van der Waals surface area contributed by atoms with Crippen molar-refractivity contribution in [3.63, 3.8) is 0 Å². The molecule has 1 saturated heterocycles. The van der Waals surface area contributed by atoms with Gasteiger partial charge in [0.2, 0.25) is 0 Å². The van der Waals surface area contributed by atoms with E-state index in [1.165, 1.54) is 12.4 Å². The third-order valence-corrected chi connectivity index (χ3v) is 3.01. The van der Waals surface area contributed by atoms with E-state index >= 15 is 0 Å². The van der Waals surface area contributed by atoms with Crippen LogP contribution in [0.3, 0.4) is 0 Å². The zero-order chi connectivity index (χ0) is 11.6. The Morgan fingerprint density at radius 2 is 2.25 bits per heavy atom. The fraction of sp³-hybridized carbons (Fsp3) is 0.600. The molecule has 0 atom stereocenters. The number of hydrogen-bond acceptors (Lipinski definition) is 4. The summed E-state index contributed by atoms with van der Waals surface area (Å²) in [5.74, 6) is 0.392. The molecule has 1 aromatic heterocycles. The summed E-state index contributed by atoms with van der Waals surface area (Å²) < 4.78 is 12.6. The van der Waals surface area contributed by atoms with E-state index in [0.717, 1.165) is 0 Å². The van der Waals surface area contributed by atoms with Crippen molar-refractivity contribution in [2.45, 2.75) is 18.4 Å². The molecule has 3 N–H and O–H groups in total. The summed E-state index contributed by atoms with van der Waals surface area (Å²) in [5, 5.41) is 0. The SMILES string of the molecule is NC1(CF)CCN(c2ncc[nH]c2=O)CC1. The smallest absolute Gasteiger partial charge is 0.290 e. The molecule has 0 aliphatic carbocycles. The van der Waals surface area contributed by atoms with E-state index in [1.807, 2.05) is 4.90 Å². The molecule has 1 aromatic rings. The highest BCUT2D eigenvalue weighted by atomic mass is 19.1. The lowest BCUT2D eigenvalue weighted by molar-refractivity contribution is 0.254. The molecule has 0 radical (unpaired) electrons. The molecular formula is C10H15FN4O. The molecule has 6 heteroatoms. The highest BCUT2D eigenvalue weighted by Gasteiger charge is 2.31. The van der Waals surface area contributed by atoms with Crippen molar-refractivity contribution in [1.29, 1.82) is 0 Å². The molecule has 2 heterocycles. The first-order valence-electron chi connectivity index (χ1n) is 5.28. The van der Waals surface area contributed by atoms with Crippen LogP contribution in [0.15, 0.2) is 17.2 Å². The van der Waals surface area contributed by atoms with E-state index in [0.29, 0.717) is 31.7 Å². The Bertz CT molecular complexity index is 411. The van der Waals surface area contributed by atoms with Crippen LogP contribution in [0.1, 0.15) is 12.8 Å². The van der Waals surface area contributed by atoms with Gasteiger partial charge in [-0.1, -0.05) is 0 Å². The predicted octanol–water partition coefficient (Wildman–Crippen LogP) is 0.0371. The third-order valence-electron chi connectivity index (χ3n) is 3.01. The maximum atomic E-state index is 12.6. The van der Waals surface area contributed by atoms with Crippen molar-refractivity contribution in [3.8, 4) is 0 Å². The zero-order valence-electron chi connectivity index (χ0n) is 8.95. The molecule has 0 spiro atoms. The number of halogens is 1. The number of rotatable bonds is 2. The second-order valence-corrected chi connectivity index (χ2v) is 4.22. The van der Waals surface area contributed by atoms with Crippen LogP contribution in [-0.4, -0.2) is 35.3 Å². The van der Waals surface area contributed by atoms with Gasteiger partial charge in [-0.3, -0.25) is 4.79 Å². The van der Waals surface area contributed by atoms with Gasteiger partial charge in [-0.05, 0) is 12.8 Å². The van der Waals surface area contributed by atoms with Crippen LogP contribution in [-0.2, 0) is 0 Å². The number of nitrogens with zero attached hydrogens (tertiary/aromatic N) is 2. The Kier molecular flexibility index (Phi) is 2.91. The van der Waals surface area contributed by atoms with E-state index < -0.39 is 12.2 Å². The molecule has 88 valence electrons. The van der Waals surface area contributed by atoms with Gasteiger partial charge in [0, 0.05) is 31.0 Å². The maximum Gasteiger partial charge on any atom is 0.290 e. The Morgan fingerprint density at radius 3 is 2.81 bits per heavy atom. The van der Waals surface area contributed by atoms with Crippen molar-refractivity contribution in [1.82, 2.24) is 9.97 Å². The second-order valence-electron chi connectivity index (χ2n) is 4.22. The molecule has 5 nitrogen and oxygen atoms in total. The minimum atomic E-state index is -0.724. The van der Waals surface area contributed by atoms with Crippen molar-refractivity contribution < 1.29 is 4.39 Å². The van der Waals surface area contributed by atoms with Gasteiger partial charge < -0.3 is 15.6 Å². The summed E-state index contributed by atoms with van der Waals surface area (Å²) in [5.41, 5.74) is 4.89. The van der Waals surface area contributed by atoms with Crippen LogP contribution < -0.4 is 16.2 Å². The normalized spacial score (nSPS) is 19.8. The molecule has 0 unspecified atom stereocenters. The Hall–Kier alpha value is -1.43. The standard InChI is InChI=1S/C10H15FN4O/c11-7-10(12)1-5-15(6-2-10)8-9(16)14-4-3-13-8/h3-4H,1-2,5-7,12H2,(H,14,16). The molecular weight excluding hydrogens is 211 g/mol. The lowest BCUT2D eigenvalue weighted by atomic mass is 9.90. The largest absolute Gasteiger partial charge is 0.352 e. The van der Waals surface area contributed by atoms with Crippen molar-refractivity contribution in [3.05, 3.63) is 22.7 Å². The van der Waals surface area contributed by atoms with Crippen molar-refractivity contribution in [2.24, 2.45) is 5.73 Å². The molecule has 1 aliphatic rings. The van der Waals surface area contributed by atoms with E-state index in [-0.39, 0.29) is 5.56 Å². The summed E-state index contributed by atoms with van der Waals surface area (Å²) in [4.78, 5) is 19.9. The number of nitrogens with two attached hydrogens (primary N) is 1. The Morgan fingerprint density at radius 1 is 1.56 bits per heavy atom. The monoisotopic (exact) mass is 226 g/mol. The molecule has 0 amide bonds. The highest BCUT2D eigenvalue weighted by molar-refractivity contribution is 5.36. The van der Waals surface area contributed by atoms with Crippen molar-refractivity contribution in [2.75, 3.05) is 24.7 Å². The molecule has 0 aromatic carbocycles. The van der Waals surface area contributed by atoms with E-state index in [2.05, 4.69) is 9.97 Å². The van der Waals surface area contributed by atoms with Crippen LogP contribution >= 0.6 is 0 Å². The van der Waals surface area contributed by atoms with Gasteiger partial charge in [0.25, 0.3) is 5.56 Å². The number of hydrogen-bond donors (Lipinski definition) is 2. The molecule has 1 fully saturated rings. The summed E-state index contributed by atoms with van der Waals surface area (Å²) in [6.45, 7) is 0.625. The van der Waals surface area contributed by atoms with Crippen LogP contribution in [0.5, 0.6) is 0 Å². The Labute approximate surface area is 92.5 Å². The van der Waals surface area contributed by atoms with Crippen LogP contribution in [0, 0.1) is 0 Å². The van der Waals surface area contributed by atoms with Gasteiger partial charge in [0.15, 0.2) is 5.82 Å². The van der Waals surface area contributed by atoms with Gasteiger partial charge in [0.1, 0.15) is 6.67 Å². The molecule has 16 heavy (non-hydrogen) atoms. The molecule has 2 rings (SSSR count). The number of piperidine rings is 1. The van der Waals surface area contributed by atoms with Gasteiger partial charge in [-0.15, -0.1) is 0 Å². The zero-order valence-corrected chi connectivity index (χ0v) is 8.95. The van der Waals surface area contributed by atoms with Crippen LogP contribution in [0.25, 0.3) is 0 Å². The number of alkyl halides is 1. The minimum Gasteiger partial charge on any atom is -0.352 e. The van der Waals surface area contributed by atoms with Crippen LogP contribution in [0.2, 0.25) is 0 Å². The van der Waals surface area contributed by atoms with Gasteiger partial charge in [-0.25, -0.2) is 9.37 Å². The summed E-state index contributed by atoms with van der Waals surface area (Å²) in [6, 6.07) is 0. The maximum absolute atomic E-state index is 12.6. The predicted molar refractivity (Wildman–Crippen MR) is 59.2 cm³/mol. The number of aromatic amines is 1. The number of H-pyrrole nitrogens is 1. The van der Waals surface area contributed by atoms with Crippen LogP contribution in [0.4, 0.5) is 10.2 Å². The highest BCUT2D eigenvalue weighted by Crippen LogP contribution is 2.21. The molecule has 1 aliphatic heterocycles. The van der Waals surface area contributed by atoms with E-state index in [1.54, 1.807) is 0 Å². The lowest BCUT2D eigenvalue weighted by Gasteiger charge is -2.37. The summed E-state index contributed by atoms with van der Waals surface area (Å²) >= 11 is 0. The summed E-state index contributed by atoms with van der Waals surface area (Å²) in [7, 11) is 0. The topological polar surface area (TPSA) is 75.0 Å². The first-order chi connectivity index (χ1) is 7.64. The number of nitrogens with one attached hydrogen (secondary N) is 1. The lowest BCUT2D eigenvalue weighted by Crippen LogP contribution is -2.52. The minimum absolute atomic E-state index is 0.215. The fourth-order valence-corrected chi connectivity index (χ4v) is 1.87. The van der Waals surface area contributed by atoms with Gasteiger partial charge in [0.05, 0.1) is 0 Å². The first-order valence-corrected chi connectivity index (χ1v) is 5.28. The number of aromatic nitrogens is 2. The van der Waals surface area contributed by atoms with Gasteiger partial charge in [-0.2, -0.15) is 0 Å². The Balaban J connectivity index is 2.11. The number of anilines is 1. The average Bonchev–Trinajstić information content (AvgIpc) is 2.31. The van der Waals surface area contributed by atoms with Gasteiger partial charge >= 0.3 is 0 Å². The third kappa shape index (κ3) is 2.06. The second kappa shape index (κ2) is 4.21. The quantitative estimate of drug-likeness (QED) is 0.746. The molecule has 0 saturated carbocycles. The fourth-order valence-electron chi connectivity index (χ4n) is 1.87. The average molecular weight is 226 g/mol. The summed E-state index contributed by atoms with van der Waals surface area (Å²) in [6.07, 6.45) is 4.11. The first kappa shape index (κ1) is 11.1. The van der Waals surface area contributed by atoms with Crippen molar-refractivity contribution >= 4 is 5.82 Å². The molecule has 0 bridgehead atoms.